The van der Waals surface area contributed by atoms with Crippen LogP contribution in [0.25, 0.3) is 0 Å². The summed E-state index contributed by atoms with van der Waals surface area (Å²) in [5, 5.41) is 3.37. The summed E-state index contributed by atoms with van der Waals surface area (Å²) in [4.78, 5) is 11.4. The molecular weight excluding hydrogens is 214 g/mol. The molecule has 1 saturated carbocycles. The Kier molecular flexibility index (Phi) is 1.74. The van der Waals surface area contributed by atoms with Gasteiger partial charge in [-0.15, -0.1) is 0 Å². The number of amides is 1. The molecule has 0 atom stereocenters. The normalized spacial score (nSPS) is 21.3. The number of halogens is 1. The van der Waals surface area contributed by atoms with E-state index in [9.17, 15) is 4.79 Å². The van der Waals surface area contributed by atoms with Crippen molar-refractivity contribution < 1.29 is 9.53 Å². The van der Waals surface area contributed by atoms with Gasteiger partial charge in [-0.3, -0.25) is 5.32 Å². The molecule has 1 aliphatic carbocycles. The highest BCUT2D eigenvalue weighted by atomic mass is 35.5. The van der Waals surface area contributed by atoms with Crippen LogP contribution in [0.3, 0.4) is 0 Å². The van der Waals surface area contributed by atoms with Crippen molar-refractivity contribution in [3.8, 4) is 0 Å². The summed E-state index contributed by atoms with van der Waals surface area (Å²) in [6, 6.07) is 5.49. The van der Waals surface area contributed by atoms with Crippen LogP contribution in [-0.4, -0.2) is 6.09 Å². The Balaban J connectivity index is 2.15. The van der Waals surface area contributed by atoms with E-state index in [0.717, 1.165) is 30.5 Å². The number of anilines is 1. The number of fused-ring (bicyclic) bond motifs is 2. The lowest BCUT2D eigenvalue weighted by Crippen LogP contribution is -2.44. The van der Waals surface area contributed by atoms with Crippen LogP contribution in [0.2, 0.25) is 5.02 Å². The standard InChI is InChI=1S/C11H10ClNO2/c12-7-2-3-9-8(6-7)11(4-1-5-11)15-10(14)13-9/h2-3,6H,1,4-5H2,(H,13,14). The van der Waals surface area contributed by atoms with Gasteiger partial charge in [0.2, 0.25) is 0 Å². The summed E-state index contributed by atoms with van der Waals surface area (Å²) in [6.45, 7) is 0. The van der Waals surface area contributed by atoms with Crippen LogP contribution < -0.4 is 5.32 Å². The highest BCUT2D eigenvalue weighted by molar-refractivity contribution is 6.30. The molecule has 1 spiro atoms. The van der Waals surface area contributed by atoms with Crippen molar-refractivity contribution in [1.29, 1.82) is 0 Å². The van der Waals surface area contributed by atoms with Crippen LogP contribution in [0.1, 0.15) is 24.8 Å². The van der Waals surface area contributed by atoms with Crippen molar-refractivity contribution in [2.75, 3.05) is 5.32 Å². The van der Waals surface area contributed by atoms with Crippen LogP contribution in [-0.2, 0) is 10.3 Å². The van der Waals surface area contributed by atoms with E-state index in [-0.39, 0.29) is 6.09 Å². The van der Waals surface area contributed by atoms with Gasteiger partial charge in [-0.1, -0.05) is 11.6 Å². The third-order valence-electron chi connectivity index (χ3n) is 3.16. The molecule has 78 valence electrons. The number of hydrogen-bond donors (Lipinski definition) is 1. The lowest BCUT2D eigenvalue weighted by atomic mass is 9.73. The van der Waals surface area contributed by atoms with Crippen molar-refractivity contribution in [2.24, 2.45) is 0 Å². The molecule has 3 rings (SSSR count). The molecule has 3 nitrogen and oxygen atoms in total. The number of nitrogens with one attached hydrogen (secondary N) is 1. The lowest BCUT2D eigenvalue weighted by molar-refractivity contribution is -0.0504. The minimum atomic E-state index is -0.400. The SMILES string of the molecule is O=C1Nc2ccc(Cl)cc2C2(CCC2)O1. The molecule has 4 heteroatoms. The van der Waals surface area contributed by atoms with E-state index < -0.39 is 5.60 Å². The molecule has 2 aliphatic rings. The highest BCUT2D eigenvalue weighted by Gasteiger charge is 2.46. The molecule has 15 heavy (non-hydrogen) atoms. The van der Waals surface area contributed by atoms with Gasteiger partial charge in [0, 0.05) is 10.6 Å². The average Bonchev–Trinajstić information content (AvgIpc) is 2.15. The van der Waals surface area contributed by atoms with Gasteiger partial charge >= 0.3 is 6.09 Å². The largest absolute Gasteiger partial charge is 0.438 e. The zero-order valence-corrected chi connectivity index (χ0v) is 8.80. The second kappa shape index (κ2) is 2.89. The van der Waals surface area contributed by atoms with E-state index in [1.165, 1.54) is 0 Å². The zero-order valence-electron chi connectivity index (χ0n) is 8.05. The highest BCUT2D eigenvalue weighted by Crippen LogP contribution is 2.50. The summed E-state index contributed by atoms with van der Waals surface area (Å²) < 4.78 is 5.38. The van der Waals surface area contributed by atoms with E-state index >= 15 is 0 Å². The van der Waals surface area contributed by atoms with Crippen LogP contribution >= 0.6 is 11.6 Å². The molecule has 1 N–H and O–H groups in total. The minimum absolute atomic E-state index is 0.357. The Hall–Kier alpha value is -1.22. The monoisotopic (exact) mass is 223 g/mol. The fourth-order valence-electron chi connectivity index (χ4n) is 2.24. The first-order valence-corrected chi connectivity index (χ1v) is 5.37. The summed E-state index contributed by atoms with van der Waals surface area (Å²) in [7, 11) is 0. The maximum absolute atomic E-state index is 11.4. The molecule has 1 aromatic carbocycles. The molecule has 0 unspecified atom stereocenters. The van der Waals surface area contributed by atoms with Crippen LogP contribution in [0, 0.1) is 0 Å². The van der Waals surface area contributed by atoms with Crippen LogP contribution in [0.15, 0.2) is 18.2 Å². The van der Waals surface area contributed by atoms with Gasteiger partial charge < -0.3 is 4.74 Å². The predicted octanol–water partition coefficient (Wildman–Crippen LogP) is 3.28. The Morgan fingerprint density at radius 2 is 2.20 bits per heavy atom. The van der Waals surface area contributed by atoms with Gasteiger partial charge in [0.1, 0.15) is 5.60 Å². The van der Waals surface area contributed by atoms with E-state index in [1.807, 2.05) is 12.1 Å². The van der Waals surface area contributed by atoms with Gasteiger partial charge in [0.05, 0.1) is 5.69 Å². The summed E-state index contributed by atoms with van der Waals surface area (Å²) in [6.07, 6.45) is 2.53. The van der Waals surface area contributed by atoms with Gasteiger partial charge in [-0.25, -0.2) is 4.79 Å². The van der Waals surface area contributed by atoms with Crippen molar-refractivity contribution in [1.82, 2.24) is 0 Å². The maximum atomic E-state index is 11.4. The molecule has 1 fully saturated rings. The van der Waals surface area contributed by atoms with E-state index in [0.29, 0.717) is 5.02 Å². The average molecular weight is 224 g/mol. The van der Waals surface area contributed by atoms with E-state index in [2.05, 4.69) is 5.32 Å². The third-order valence-corrected chi connectivity index (χ3v) is 3.39. The number of benzene rings is 1. The van der Waals surface area contributed by atoms with Crippen molar-refractivity contribution in [3.05, 3.63) is 28.8 Å². The van der Waals surface area contributed by atoms with E-state index in [4.69, 9.17) is 16.3 Å². The van der Waals surface area contributed by atoms with Crippen LogP contribution in [0.5, 0.6) is 0 Å². The molecular formula is C11H10ClNO2. The second-order valence-electron chi connectivity index (χ2n) is 4.05. The topological polar surface area (TPSA) is 38.3 Å². The third kappa shape index (κ3) is 1.23. The number of ether oxygens (including phenoxy) is 1. The van der Waals surface area contributed by atoms with Crippen molar-refractivity contribution in [3.63, 3.8) is 0 Å². The van der Waals surface area contributed by atoms with Gasteiger partial charge in [0.25, 0.3) is 0 Å². The molecule has 0 radical (unpaired) electrons. The number of rotatable bonds is 0. The molecule has 0 bridgehead atoms. The van der Waals surface area contributed by atoms with Gasteiger partial charge in [-0.05, 0) is 37.5 Å². The molecule has 1 heterocycles. The number of carbonyl (C=O) groups is 1. The molecule has 1 amide bonds. The summed E-state index contributed by atoms with van der Waals surface area (Å²) >= 11 is 5.95. The second-order valence-corrected chi connectivity index (χ2v) is 4.49. The van der Waals surface area contributed by atoms with E-state index in [1.54, 1.807) is 6.07 Å². The van der Waals surface area contributed by atoms with Crippen molar-refractivity contribution in [2.45, 2.75) is 24.9 Å². The minimum Gasteiger partial charge on any atom is -0.438 e. The predicted molar refractivity (Wildman–Crippen MR) is 57.1 cm³/mol. The summed E-state index contributed by atoms with van der Waals surface area (Å²) in [5.41, 5.74) is 1.44. The van der Waals surface area contributed by atoms with Crippen LogP contribution in [0.4, 0.5) is 10.5 Å². The smallest absolute Gasteiger partial charge is 0.412 e. The first-order chi connectivity index (χ1) is 7.20. The summed E-state index contributed by atoms with van der Waals surface area (Å²) in [5.74, 6) is 0. The Labute approximate surface area is 92.4 Å². The Morgan fingerprint density at radius 3 is 2.87 bits per heavy atom. The molecule has 0 saturated heterocycles. The molecule has 1 aromatic rings. The van der Waals surface area contributed by atoms with Crippen molar-refractivity contribution >= 4 is 23.4 Å². The number of carbonyl (C=O) groups excluding carboxylic acids is 1. The van der Waals surface area contributed by atoms with Gasteiger partial charge in [-0.2, -0.15) is 0 Å². The molecule has 1 aliphatic heterocycles. The fourth-order valence-corrected chi connectivity index (χ4v) is 2.41. The lowest BCUT2D eigenvalue weighted by Gasteiger charge is -2.44. The maximum Gasteiger partial charge on any atom is 0.412 e. The quantitative estimate of drug-likeness (QED) is 0.733. The molecule has 0 aromatic heterocycles. The number of hydrogen-bond acceptors (Lipinski definition) is 2. The zero-order chi connectivity index (χ0) is 10.5. The van der Waals surface area contributed by atoms with Gasteiger partial charge in [0.15, 0.2) is 0 Å². The fraction of sp³-hybridized carbons (Fsp3) is 0.364. The first kappa shape index (κ1) is 9.04. The Bertz CT molecular complexity index is 440. The Morgan fingerprint density at radius 1 is 1.40 bits per heavy atom. The first-order valence-electron chi connectivity index (χ1n) is 5.00.